The summed E-state index contributed by atoms with van der Waals surface area (Å²) in [6.45, 7) is 7.09. The van der Waals surface area contributed by atoms with Gasteiger partial charge in [0.2, 0.25) is 5.43 Å². The second-order valence-corrected chi connectivity index (χ2v) is 6.28. The Bertz CT molecular complexity index is 1060. The van der Waals surface area contributed by atoms with E-state index in [1.165, 1.54) is 12.3 Å². The lowest BCUT2D eigenvalue weighted by atomic mass is 10.0. The third-order valence-electron chi connectivity index (χ3n) is 4.21. The molecule has 2 heterocycles. The molecule has 1 aromatic carbocycles. The van der Waals surface area contributed by atoms with Crippen LogP contribution in [0.25, 0.3) is 5.70 Å². The molecule has 29 heavy (non-hydrogen) atoms. The van der Waals surface area contributed by atoms with E-state index in [-0.39, 0.29) is 5.43 Å². The van der Waals surface area contributed by atoms with Gasteiger partial charge in [-0.25, -0.2) is 0 Å². The van der Waals surface area contributed by atoms with Gasteiger partial charge in [-0.3, -0.25) is 19.6 Å². The maximum Gasteiger partial charge on any atom is 0.203 e. The first-order valence-electron chi connectivity index (χ1n) is 9.27. The number of nitrogens with one attached hydrogen (secondary N) is 1. The van der Waals surface area contributed by atoms with Gasteiger partial charge in [-0.1, -0.05) is 24.8 Å². The van der Waals surface area contributed by atoms with Gasteiger partial charge in [0.05, 0.1) is 18.5 Å². The molecule has 0 unspecified atom stereocenters. The fourth-order valence-corrected chi connectivity index (χ4v) is 2.66. The van der Waals surface area contributed by atoms with Crippen LogP contribution in [0.3, 0.4) is 0 Å². The highest BCUT2D eigenvalue weighted by Crippen LogP contribution is 2.17. The lowest BCUT2D eigenvalue weighted by Crippen LogP contribution is -2.11. The molecular weight excluding hydrogens is 366 g/mol. The molecule has 0 saturated carbocycles. The molecule has 0 aliphatic rings. The van der Waals surface area contributed by atoms with E-state index in [1.807, 2.05) is 54.2 Å². The number of aliphatic imine (C=N–C) groups is 1. The standard InChI is InChI=1S/C22H23N5O2/c1-3-20(29-13-12-27-11-5-9-25-27)16-23-17(2)19-7-4-6-18(14-19)15-21-22(28)8-10-24-26-21/h3-11,14,16H,2,12-13,15H2,1H3,(H,24,28)/b20-3+,23-16?. The molecule has 0 fully saturated rings. The van der Waals surface area contributed by atoms with E-state index in [2.05, 4.69) is 26.9 Å². The van der Waals surface area contributed by atoms with Crippen molar-refractivity contribution < 1.29 is 4.74 Å². The van der Waals surface area contributed by atoms with Crippen LogP contribution in [-0.2, 0) is 17.7 Å². The van der Waals surface area contributed by atoms with Gasteiger partial charge in [-0.15, -0.1) is 0 Å². The zero-order chi connectivity index (χ0) is 20.5. The molecule has 0 aliphatic heterocycles. The number of hydrogen-bond acceptors (Lipinski definition) is 5. The number of H-pyrrole nitrogens is 1. The molecule has 148 valence electrons. The van der Waals surface area contributed by atoms with E-state index in [4.69, 9.17) is 4.74 Å². The maximum absolute atomic E-state index is 11.9. The Morgan fingerprint density at radius 3 is 3.00 bits per heavy atom. The third kappa shape index (κ3) is 5.87. The quantitative estimate of drug-likeness (QED) is 0.450. The van der Waals surface area contributed by atoms with E-state index in [0.29, 0.717) is 36.7 Å². The van der Waals surface area contributed by atoms with Crippen LogP contribution in [-0.4, -0.2) is 32.8 Å². The van der Waals surface area contributed by atoms with Crippen molar-refractivity contribution in [3.8, 4) is 0 Å². The van der Waals surface area contributed by atoms with Crippen LogP contribution in [0.15, 0.2) is 83.2 Å². The molecule has 0 amide bonds. The van der Waals surface area contributed by atoms with E-state index in [0.717, 1.165) is 11.1 Å². The van der Waals surface area contributed by atoms with Crippen molar-refractivity contribution in [1.29, 1.82) is 0 Å². The van der Waals surface area contributed by atoms with Gasteiger partial charge in [0, 0.05) is 31.1 Å². The van der Waals surface area contributed by atoms with E-state index in [1.54, 1.807) is 12.4 Å². The van der Waals surface area contributed by atoms with Gasteiger partial charge in [0.25, 0.3) is 0 Å². The summed E-state index contributed by atoms with van der Waals surface area (Å²) in [5.41, 5.74) is 2.83. The Morgan fingerprint density at radius 2 is 2.24 bits per heavy atom. The van der Waals surface area contributed by atoms with Crippen LogP contribution in [0.4, 0.5) is 0 Å². The number of benzene rings is 1. The topological polar surface area (TPSA) is 85.2 Å². The zero-order valence-corrected chi connectivity index (χ0v) is 16.3. The van der Waals surface area contributed by atoms with E-state index in [9.17, 15) is 4.79 Å². The second kappa shape index (κ2) is 9.98. The summed E-state index contributed by atoms with van der Waals surface area (Å²) in [7, 11) is 0. The zero-order valence-electron chi connectivity index (χ0n) is 16.3. The summed E-state index contributed by atoms with van der Waals surface area (Å²) in [4.78, 5) is 16.3. The molecule has 3 rings (SSSR count). The fraction of sp³-hybridized carbons (Fsp3) is 0.182. The SMILES string of the molecule is C=C(N=C/C(=C\C)OCCn1cccn1)c1cccc(Cc2n[nH]ccc2=O)c1. The number of rotatable bonds is 9. The lowest BCUT2D eigenvalue weighted by molar-refractivity contribution is 0.214. The van der Waals surface area contributed by atoms with Gasteiger partial charge >= 0.3 is 0 Å². The predicted molar refractivity (Wildman–Crippen MR) is 114 cm³/mol. The Hall–Kier alpha value is -3.74. The first-order chi connectivity index (χ1) is 14.2. The van der Waals surface area contributed by atoms with Gasteiger partial charge in [-0.2, -0.15) is 10.2 Å². The summed E-state index contributed by atoms with van der Waals surface area (Å²) < 4.78 is 7.54. The summed E-state index contributed by atoms with van der Waals surface area (Å²) in [5.74, 6) is 0.662. The summed E-state index contributed by atoms with van der Waals surface area (Å²) >= 11 is 0. The Morgan fingerprint density at radius 1 is 1.34 bits per heavy atom. The molecular formula is C22H23N5O2. The highest BCUT2D eigenvalue weighted by atomic mass is 16.5. The average molecular weight is 389 g/mol. The summed E-state index contributed by atoms with van der Waals surface area (Å²) in [5, 5.41) is 10.9. The Balaban J connectivity index is 1.60. The highest BCUT2D eigenvalue weighted by molar-refractivity contribution is 5.82. The molecule has 7 nitrogen and oxygen atoms in total. The summed E-state index contributed by atoms with van der Waals surface area (Å²) in [6, 6.07) is 11.1. The van der Waals surface area contributed by atoms with E-state index >= 15 is 0 Å². The number of aromatic amines is 1. The van der Waals surface area contributed by atoms with Crippen molar-refractivity contribution in [1.82, 2.24) is 20.0 Å². The maximum atomic E-state index is 11.9. The second-order valence-electron chi connectivity index (χ2n) is 6.28. The largest absolute Gasteiger partial charge is 0.490 e. The Labute approximate surface area is 169 Å². The van der Waals surface area contributed by atoms with Gasteiger partial charge in [0.1, 0.15) is 18.1 Å². The van der Waals surface area contributed by atoms with Crippen molar-refractivity contribution in [2.24, 2.45) is 4.99 Å². The van der Waals surface area contributed by atoms with Crippen molar-refractivity contribution >= 4 is 11.9 Å². The Kier molecular flexibility index (Phi) is 6.89. The highest BCUT2D eigenvalue weighted by Gasteiger charge is 2.05. The van der Waals surface area contributed by atoms with Crippen molar-refractivity contribution in [3.63, 3.8) is 0 Å². The van der Waals surface area contributed by atoms with Crippen LogP contribution in [0.1, 0.15) is 23.7 Å². The first kappa shape index (κ1) is 20.0. The average Bonchev–Trinajstić information content (AvgIpc) is 3.26. The van der Waals surface area contributed by atoms with E-state index < -0.39 is 0 Å². The number of hydrogen-bond donors (Lipinski definition) is 1. The smallest absolute Gasteiger partial charge is 0.203 e. The minimum atomic E-state index is -0.0871. The molecule has 1 N–H and O–H groups in total. The molecule has 0 bridgehead atoms. The van der Waals surface area contributed by atoms with Crippen molar-refractivity contribution in [3.05, 3.63) is 100 Å². The fourth-order valence-electron chi connectivity index (χ4n) is 2.66. The molecule has 3 aromatic rings. The molecule has 0 aliphatic carbocycles. The van der Waals surface area contributed by atoms with Crippen molar-refractivity contribution in [2.75, 3.05) is 6.61 Å². The number of allylic oxidation sites excluding steroid dienone is 2. The van der Waals surface area contributed by atoms with Crippen LogP contribution >= 0.6 is 0 Å². The number of ether oxygens (including phenoxy) is 1. The van der Waals surface area contributed by atoms with Crippen LogP contribution in [0, 0.1) is 0 Å². The third-order valence-corrected chi connectivity index (χ3v) is 4.21. The van der Waals surface area contributed by atoms with Crippen LogP contribution < -0.4 is 5.43 Å². The van der Waals surface area contributed by atoms with Crippen LogP contribution in [0.5, 0.6) is 0 Å². The molecule has 0 radical (unpaired) electrons. The van der Waals surface area contributed by atoms with Crippen molar-refractivity contribution in [2.45, 2.75) is 19.9 Å². The van der Waals surface area contributed by atoms with Gasteiger partial charge in [0.15, 0.2) is 0 Å². The molecule has 0 atom stereocenters. The monoisotopic (exact) mass is 389 g/mol. The summed E-state index contributed by atoms with van der Waals surface area (Å²) in [6.07, 6.45) is 9.10. The molecule has 0 spiro atoms. The molecule has 0 saturated heterocycles. The lowest BCUT2D eigenvalue weighted by Gasteiger charge is -2.07. The normalized spacial score (nSPS) is 11.7. The number of aromatic nitrogens is 4. The van der Waals surface area contributed by atoms with Crippen LogP contribution in [0.2, 0.25) is 0 Å². The molecule has 7 heteroatoms. The minimum Gasteiger partial charge on any atom is -0.490 e. The molecule has 2 aromatic heterocycles. The number of nitrogens with zero attached hydrogens (tertiary/aromatic N) is 4. The van der Waals surface area contributed by atoms with Gasteiger partial charge < -0.3 is 4.74 Å². The van der Waals surface area contributed by atoms with Gasteiger partial charge in [-0.05, 0) is 36.3 Å². The predicted octanol–water partition coefficient (Wildman–Crippen LogP) is 3.22. The minimum absolute atomic E-state index is 0.0871. The first-order valence-corrected chi connectivity index (χ1v) is 9.27.